The molecular weight excluding hydrogens is 252 g/mol. The fraction of sp³-hybridized carbons (Fsp3) is 0.800. The Kier molecular flexibility index (Phi) is 3.64. The molecule has 1 aliphatic carbocycles. The summed E-state index contributed by atoms with van der Waals surface area (Å²) in [4.78, 5) is 19.4. The van der Waals surface area contributed by atoms with Gasteiger partial charge in [0.2, 0.25) is 11.9 Å². The van der Waals surface area contributed by atoms with Crippen LogP contribution in [-0.2, 0) is 4.79 Å². The van der Waals surface area contributed by atoms with Gasteiger partial charge in [0, 0.05) is 13.1 Å². The zero-order valence-electron chi connectivity index (χ0n) is 11.9. The number of nitriles is 1. The van der Waals surface area contributed by atoms with E-state index >= 15 is 0 Å². The van der Waals surface area contributed by atoms with E-state index in [1.54, 1.807) is 0 Å². The third kappa shape index (κ3) is 2.28. The van der Waals surface area contributed by atoms with Gasteiger partial charge < -0.3 is 4.90 Å². The number of aliphatic imine (C=N–C) groups is 1. The number of nitrogens with zero attached hydrogens (tertiary/aromatic N) is 3. The van der Waals surface area contributed by atoms with Crippen molar-refractivity contribution in [2.24, 2.45) is 10.9 Å². The zero-order chi connectivity index (χ0) is 14.0. The first-order valence-corrected chi connectivity index (χ1v) is 7.80. The minimum Gasteiger partial charge on any atom is -0.343 e. The highest BCUT2D eigenvalue weighted by Gasteiger charge is 2.48. The van der Waals surface area contributed by atoms with E-state index in [1.165, 1.54) is 12.8 Å². The lowest BCUT2D eigenvalue weighted by Crippen LogP contribution is -2.58. The maximum absolute atomic E-state index is 12.3. The molecular formula is C15H22N4O. The normalized spacial score (nSPS) is 29.6. The first kappa shape index (κ1) is 13.4. The highest BCUT2D eigenvalue weighted by Crippen LogP contribution is 2.40. The van der Waals surface area contributed by atoms with Gasteiger partial charge in [-0.25, -0.2) is 4.99 Å². The minimum absolute atomic E-state index is 0.148. The summed E-state index contributed by atoms with van der Waals surface area (Å²) >= 11 is 0. The van der Waals surface area contributed by atoms with Gasteiger partial charge in [0.25, 0.3) is 0 Å². The maximum Gasteiger partial charge on any atom is 0.246 e. The molecule has 5 nitrogen and oxygen atoms in total. The summed E-state index contributed by atoms with van der Waals surface area (Å²) < 4.78 is 0. The molecule has 0 aromatic heterocycles. The number of hydrogen-bond donors (Lipinski definition) is 1. The first-order chi connectivity index (χ1) is 9.75. The first-order valence-electron chi connectivity index (χ1n) is 7.80. The van der Waals surface area contributed by atoms with Crippen molar-refractivity contribution >= 4 is 11.9 Å². The van der Waals surface area contributed by atoms with Crippen molar-refractivity contribution in [3.63, 3.8) is 0 Å². The molecule has 0 bridgehead atoms. The van der Waals surface area contributed by atoms with Gasteiger partial charge in [-0.05, 0) is 32.1 Å². The lowest BCUT2D eigenvalue weighted by molar-refractivity contribution is -0.125. The lowest BCUT2D eigenvalue weighted by atomic mass is 9.72. The molecule has 0 unspecified atom stereocenters. The number of guanidine groups is 1. The van der Waals surface area contributed by atoms with Gasteiger partial charge in [0.05, 0.1) is 11.6 Å². The second kappa shape index (κ2) is 5.43. The van der Waals surface area contributed by atoms with Crippen LogP contribution in [0.2, 0.25) is 0 Å². The van der Waals surface area contributed by atoms with E-state index in [0.29, 0.717) is 0 Å². The van der Waals surface area contributed by atoms with Gasteiger partial charge in [-0.15, -0.1) is 0 Å². The van der Waals surface area contributed by atoms with E-state index in [4.69, 9.17) is 4.99 Å². The molecule has 2 aliphatic heterocycles. The Hall–Kier alpha value is -1.57. The van der Waals surface area contributed by atoms with Crippen LogP contribution in [0.1, 0.15) is 51.4 Å². The number of amides is 1. The van der Waals surface area contributed by atoms with Crippen molar-refractivity contribution in [2.45, 2.75) is 56.9 Å². The number of likely N-dealkylation sites (tertiary alicyclic amines) is 1. The van der Waals surface area contributed by atoms with Crippen LogP contribution >= 0.6 is 0 Å². The molecule has 1 saturated heterocycles. The molecule has 0 aromatic carbocycles. The molecule has 1 atom stereocenters. The third-order valence-electron chi connectivity index (χ3n) is 4.87. The molecule has 20 heavy (non-hydrogen) atoms. The molecule has 1 N–H and O–H groups in total. The molecule has 1 saturated carbocycles. The number of carbonyl (C=O) groups is 1. The van der Waals surface area contributed by atoms with Crippen LogP contribution < -0.4 is 5.32 Å². The third-order valence-corrected chi connectivity index (χ3v) is 4.87. The molecule has 2 fully saturated rings. The molecule has 5 heteroatoms. The van der Waals surface area contributed by atoms with Crippen molar-refractivity contribution in [1.29, 1.82) is 5.26 Å². The van der Waals surface area contributed by atoms with Crippen molar-refractivity contribution in [1.82, 2.24) is 10.2 Å². The Morgan fingerprint density at radius 2 is 1.80 bits per heavy atom. The average Bonchev–Trinajstić information content (AvgIpc) is 2.49. The maximum atomic E-state index is 12.3. The Bertz CT molecular complexity index is 453. The molecule has 3 rings (SSSR count). The summed E-state index contributed by atoms with van der Waals surface area (Å²) in [5.41, 5.74) is -0.456. The molecule has 0 aromatic rings. The largest absolute Gasteiger partial charge is 0.343 e. The van der Waals surface area contributed by atoms with Gasteiger partial charge in [-0.3, -0.25) is 10.1 Å². The number of carbonyl (C=O) groups excluding carboxylic acids is 1. The second-order valence-corrected chi connectivity index (χ2v) is 6.20. The van der Waals surface area contributed by atoms with Crippen LogP contribution in [0.15, 0.2) is 4.99 Å². The fourth-order valence-corrected chi connectivity index (χ4v) is 3.73. The Labute approximate surface area is 120 Å². The molecule has 0 radical (unpaired) electrons. The van der Waals surface area contributed by atoms with Crippen molar-refractivity contribution in [3.05, 3.63) is 0 Å². The molecule has 2 heterocycles. The average molecular weight is 274 g/mol. The van der Waals surface area contributed by atoms with Gasteiger partial charge in [0.1, 0.15) is 0 Å². The predicted molar refractivity (Wildman–Crippen MR) is 75.9 cm³/mol. The van der Waals surface area contributed by atoms with E-state index in [9.17, 15) is 10.1 Å². The van der Waals surface area contributed by atoms with Crippen LogP contribution in [-0.4, -0.2) is 35.4 Å². The Morgan fingerprint density at radius 1 is 1.15 bits per heavy atom. The molecule has 108 valence electrons. The molecule has 1 amide bonds. The summed E-state index contributed by atoms with van der Waals surface area (Å²) in [6, 6.07) is 2.20. The van der Waals surface area contributed by atoms with Crippen molar-refractivity contribution in [3.8, 4) is 6.07 Å². The van der Waals surface area contributed by atoms with Crippen molar-refractivity contribution < 1.29 is 4.79 Å². The SMILES string of the molecule is N#C[C@@H]1C(=O)NC(N2CCCCC2)=NC12CCCCC2. The predicted octanol–water partition coefficient (Wildman–Crippen LogP) is 1.80. The van der Waals surface area contributed by atoms with E-state index in [2.05, 4.69) is 16.3 Å². The highest BCUT2D eigenvalue weighted by molar-refractivity contribution is 6.02. The van der Waals surface area contributed by atoms with Crippen LogP contribution in [0.3, 0.4) is 0 Å². The van der Waals surface area contributed by atoms with Crippen molar-refractivity contribution in [2.75, 3.05) is 13.1 Å². The highest BCUT2D eigenvalue weighted by atomic mass is 16.2. The Morgan fingerprint density at radius 3 is 2.45 bits per heavy atom. The van der Waals surface area contributed by atoms with E-state index in [0.717, 1.165) is 57.6 Å². The summed E-state index contributed by atoms with van der Waals surface area (Å²) in [6.45, 7) is 1.93. The van der Waals surface area contributed by atoms with Crippen LogP contribution in [0, 0.1) is 17.2 Å². The number of rotatable bonds is 0. The van der Waals surface area contributed by atoms with E-state index in [1.807, 2.05) is 0 Å². The number of piperidine rings is 1. The van der Waals surface area contributed by atoms with Gasteiger partial charge in [-0.2, -0.15) is 5.26 Å². The number of hydrogen-bond acceptors (Lipinski definition) is 4. The van der Waals surface area contributed by atoms with Gasteiger partial charge in [0.15, 0.2) is 5.92 Å². The standard InChI is InChI=1S/C15H22N4O/c16-11-12-13(20)17-14(19-9-5-2-6-10-19)18-15(12)7-3-1-4-8-15/h12H,1-10H2,(H,17,18,20)/t12-/m1/s1. The molecule has 3 aliphatic rings. The van der Waals surface area contributed by atoms with Crippen LogP contribution in [0.5, 0.6) is 0 Å². The monoisotopic (exact) mass is 274 g/mol. The topological polar surface area (TPSA) is 68.5 Å². The lowest BCUT2D eigenvalue weighted by Gasteiger charge is -2.42. The van der Waals surface area contributed by atoms with Gasteiger partial charge >= 0.3 is 0 Å². The summed E-state index contributed by atoms with van der Waals surface area (Å²) in [5.74, 6) is -0.0376. The number of nitrogens with one attached hydrogen (secondary N) is 1. The zero-order valence-corrected chi connectivity index (χ0v) is 11.9. The molecule has 1 spiro atoms. The second-order valence-electron chi connectivity index (χ2n) is 6.20. The van der Waals surface area contributed by atoms with Gasteiger partial charge in [-0.1, -0.05) is 19.3 Å². The van der Waals surface area contributed by atoms with Crippen LogP contribution in [0.25, 0.3) is 0 Å². The van der Waals surface area contributed by atoms with Crippen LogP contribution in [0.4, 0.5) is 0 Å². The van der Waals surface area contributed by atoms with E-state index in [-0.39, 0.29) is 5.91 Å². The summed E-state index contributed by atoms with van der Waals surface area (Å²) in [7, 11) is 0. The Balaban J connectivity index is 1.91. The minimum atomic E-state index is -0.614. The smallest absolute Gasteiger partial charge is 0.246 e. The quantitative estimate of drug-likeness (QED) is 0.732. The fourth-order valence-electron chi connectivity index (χ4n) is 3.73. The summed E-state index contributed by atoms with van der Waals surface area (Å²) in [6.07, 6.45) is 8.64. The van der Waals surface area contributed by atoms with E-state index < -0.39 is 11.5 Å². The summed E-state index contributed by atoms with van der Waals surface area (Å²) in [5, 5.41) is 12.3.